The van der Waals surface area contributed by atoms with Gasteiger partial charge in [-0.15, -0.1) is 0 Å². The van der Waals surface area contributed by atoms with Crippen LogP contribution in [0.25, 0.3) is 0 Å². The Morgan fingerprint density at radius 3 is 2.30 bits per heavy atom. The average Bonchev–Trinajstić information content (AvgIpc) is 2.67. The van der Waals surface area contributed by atoms with Crippen molar-refractivity contribution >= 4 is 23.3 Å². The van der Waals surface area contributed by atoms with Crippen LogP contribution in [0.1, 0.15) is 47.9 Å². The molecule has 0 saturated heterocycles. The predicted molar refractivity (Wildman–Crippen MR) is 116 cm³/mol. The number of aliphatic carboxylic acids is 1. The molecule has 0 heterocycles. The van der Waals surface area contributed by atoms with Crippen LogP contribution in [0, 0.1) is 16.7 Å². The van der Waals surface area contributed by atoms with E-state index in [1.807, 2.05) is 0 Å². The van der Waals surface area contributed by atoms with Gasteiger partial charge >= 0.3 is 12.1 Å². The van der Waals surface area contributed by atoms with Gasteiger partial charge in [0.05, 0.1) is 11.5 Å². The predicted octanol–water partition coefficient (Wildman–Crippen LogP) is 4.01. The van der Waals surface area contributed by atoms with Crippen molar-refractivity contribution < 1.29 is 27.9 Å². The number of carbonyl (C=O) groups is 2. The second kappa shape index (κ2) is 8.20. The zero-order valence-corrected chi connectivity index (χ0v) is 17.7. The molecule has 0 radical (unpaired) electrons. The molecule has 1 amide bonds. The molecule has 9 heteroatoms. The Hall–Kier alpha value is -3.36. The molecule has 0 aliphatic heterocycles. The number of amides is 1. The lowest BCUT2D eigenvalue weighted by Crippen LogP contribution is -2.58. The van der Waals surface area contributed by atoms with Crippen LogP contribution >= 0.6 is 0 Å². The Morgan fingerprint density at radius 2 is 1.73 bits per heavy atom. The summed E-state index contributed by atoms with van der Waals surface area (Å²) in [5, 5.41) is 20.3. The van der Waals surface area contributed by atoms with Gasteiger partial charge in [-0.3, -0.25) is 15.0 Å². The van der Waals surface area contributed by atoms with Crippen LogP contribution < -0.4 is 11.1 Å². The van der Waals surface area contributed by atoms with E-state index >= 15 is 0 Å². The second-order valence-corrected chi connectivity index (χ2v) is 9.15. The summed E-state index contributed by atoms with van der Waals surface area (Å²) in [7, 11) is 0. The average molecular weight is 459 g/mol. The largest absolute Gasteiger partial charge is 0.481 e. The van der Waals surface area contributed by atoms with E-state index in [-0.39, 0.29) is 40.8 Å². The number of nitrogens with one attached hydrogen (secondary N) is 2. The quantitative estimate of drug-likeness (QED) is 0.386. The first-order valence-electron chi connectivity index (χ1n) is 10.6. The topological polar surface area (TPSA) is 116 Å². The van der Waals surface area contributed by atoms with Gasteiger partial charge in [0.25, 0.3) is 5.91 Å². The molecule has 4 rings (SSSR count). The molecule has 2 aromatic carbocycles. The minimum Gasteiger partial charge on any atom is -0.481 e. The van der Waals surface area contributed by atoms with Gasteiger partial charge in [0.2, 0.25) is 0 Å². The normalized spacial score (nSPS) is 24.0. The number of hydrogen-bond donors (Lipinski definition) is 4. The summed E-state index contributed by atoms with van der Waals surface area (Å²) in [4.78, 5) is 23.7. The van der Waals surface area contributed by atoms with Crippen LogP contribution in [0.4, 0.5) is 18.9 Å². The number of nitrogen functional groups attached to an aromatic ring is 1. The third-order valence-electron chi connectivity index (χ3n) is 6.74. The molecule has 1 spiro atoms. The lowest BCUT2D eigenvalue weighted by molar-refractivity contribution is -0.156. The number of nitrogens with two attached hydrogens (primary N) is 1. The number of halogens is 3. The van der Waals surface area contributed by atoms with E-state index in [1.54, 1.807) is 18.2 Å². The molecule has 0 aromatic heterocycles. The zero-order chi connectivity index (χ0) is 24.0. The summed E-state index contributed by atoms with van der Waals surface area (Å²) >= 11 is 0. The van der Waals surface area contributed by atoms with Crippen LogP contribution in [0.5, 0.6) is 0 Å². The number of carboxylic acids is 1. The van der Waals surface area contributed by atoms with Crippen LogP contribution in [0.3, 0.4) is 0 Å². The van der Waals surface area contributed by atoms with Crippen molar-refractivity contribution in [3.05, 3.63) is 64.7 Å². The van der Waals surface area contributed by atoms with E-state index in [9.17, 15) is 22.8 Å². The van der Waals surface area contributed by atoms with Crippen molar-refractivity contribution in [3.8, 4) is 0 Å². The zero-order valence-electron chi connectivity index (χ0n) is 17.7. The molecule has 2 fully saturated rings. The van der Waals surface area contributed by atoms with Gasteiger partial charge in [0.15, 0.2) is 0 Å². The standard InChI is InChI=1S/C24H24F3N3O3/c25-24(26,27)16-6-4-13(5-7-16)8-14-2-1-3-18(28)19(14)20(29)21(31)30-17-11-23(12-17)9-15(10-23)22(32)33/h1-7,15,17,29H,8-12,28H2,(H,30,31)(H,32,33). The molecule has 5 N–H and O–H groups in total. The molecule has 2 aromatic rings. The number of carbonyl (C=O) groups excluding carboxylic acids is 1. The van der Waals surface area contributed by atoms with Crippen molar-refractivity contribution in [2.45, 2.75) is 44.3 Å². The number of benzene rings is 2. The van der Waals surface area contributed by atoms with E-state index in [0.29, 0.717) is 36.8 Å². The van der Waals surface area contributed by atoms with E-state index < -0.39 is 23.6 Å². The Balaban J connectivity index is 1.42. The fraction of sp³-hybridized carbons (Fsp3) is 0.375. The summed E-state index contributed by atoms with van der Waals surface area (Å²) in [6, 6.07) is 9.58. The highest BCUT2D eigenvalue weighted by atomic mass is 19.4. The molecule has 33 heavy (non-hydrogen) atoms. The van der Waals surface area contributed by atoms with Gasteiger partial charge in [-0.1, -0.05) is 24.3 Å². The van der Waals surface area contributed by atoms with Gasteiger partial charge in [-0.05, 0) is 66.8 Å². The van der Waals surface area contributed by atoms with Crippen LogP contribution in [-0.4, -0.2) is 28.7 Å². The third kappa shape index (κ3) is 4.58. The molecule has 0 atom stereocenters. The fourth-order valence-electron chi connectivity index (χ4n) is 5.06. The van der Waals surface area contributed by atoms with E-state index in [2.05, 4.69) is 5.32 Å². The van der Waals surface area contributed by atoms with Crippen molar-refractivity contribution in [2.75, 3.05) is 5.73 Å². The summed E-state index contributed by atoms with van der Waals surface area (Å²) in [5.41, 5.74) is 6.69. The summed E-state index contributed by atoms with van der Waals surface area (Å²) < 4.78 is 38.4. The number of hydrogen-bond acceptors (Lipinski definition) is 4. The highest BCUT2D eigenvalue weighted by Gasteiger charge is 2.55. The van der Waals surface area contributed by atoms with Crippen molar-refractivity contribution in [3.63, 3.8) is 0 Å². The molecular weight excluding hydrogens is 435 g/mol. The smallest absolute Gasteiger partial charge is 0.416 e. The molecular formula is C24H24F3N3O3. The van der Waals surface area contributed by atoms with Crippen molar-refractivity contribution in [2.24, 2.45) is 11.3 Å². The van der Waals surface area contributed by atoms with Gasteiger partial charge in [-0.25, -0.2) is 0 Å². The number of rotatable bonds is 6. The van der Waals surface area contributed by atoms with Gasteiger partial charge < -0.3 is 16.2 Å². The molecule has 174 valence electrons. The summed E-state index contributed by atoms with van der Waals surface area (Å²) in [5.74, 6) is -1.66. The first-order valence-corrected chi connectivity index (χ1v) is 10.6. The second-order valence-electron chi connectivity index (χ2n) is 9.15. The maximum atomic E-state index is 12.8. The SMILES string of the molecule is N=C(C(=O)NC1CC2(C1)CC(C(=O)O)C2)c1c(N)cccc1Cc1ccc(C(F)(F)F)cc1. The Kier molecular flexibility index (Phi) is 5.67. The monoisotopic (exact) mass is 459 g/mol. The molecule has 6 nitrogen and oxygen atoms in total. The van der Waals surface area contributed by atoms with Crippen LogP contribution in [-0.2, 0) is 22.2 Å². The van der Waals surface area contributed by atoms with Crippen LogP contribution in [0.2, 0.25) is 0 Å². The first kappa shape index (κ1) is 22.8. The van der Waals surface area contributed by atoms with Gasteiger partial charge in [0, 0.05) is 17.3 Å². The van der Waals surface area contributed by atoms with Gasteiger partial charge in [0.1, 0.15) is 5.71 Å². The Bertz CT molecular complexity index is 1100. The molecule has 2 aliphatic rings. The van der Waals surface area contributed by atoms with Gasteiger partial charge in [-0.2, -0.15) is 13.2 Å². The minimum atomic E-state index is -4.42. The molecule has 0 unspecified atom stereocenters. The number of anilines is 1. The minimum absolute atomic E-state index is 0.0112. The third-order valence-corrected chi connectivity index (χ3v) is 6.74. The number of alkyl halides is 3. The highest BCUT2D eigenvalue weighted by molar-refractivity contribution is 6.45. The lowest BCUT2D eigenvalue weighted by atomic mass is 9.50. The summed E-state index contributed by atoms with van der Waals surface area (Å²) in [6.07, 6.45) is -1.58. The Morgan fingerprint density at radius 1 is 1.09 bits per heavy atom. The molecule has 2 aliphatic carbocycles. The van der Waals surface area contributed by atoms with Crippen molar-refractivity contribution in [1.29, 1.82) is 5.41 Å². The maximum Gasteiger partial charge on any atom is 0.416 e. The highest BCUT2D eigenvalue weighted by Crippen LogP contribution is 2.58. The molecule has 2 saturated carbocycles. The van der Waals surface area contributed by atoms with Crippen LogP contribution in [0.15, 0.2) is 42.5 Å². The lowest BCUT2D eigenvalue weighted by Gasteiger charge is -2.56. The Labute approximate surface area is 188 Å². The van der Waals surface area contributed by atoms with E-state index in [4.69, 9.17) is 16.2 Å². The molecule has 0 bridgehead atoms. The van der Waals surface area contributed by atoms with Crippen molar-refractivity contribution in [1.82, 2.24) is 5.32 Å². The fourth-order valence-corrected chi connectivity index (χ4v) is 5.06. The van der Waals surface area contributed by atoms with E-state index in [0.717, 1.165) is 12.1 Å². The first-order chi connectivity index (χ1) is 15.5. The number of carboxylic acid groups (broad SMARTS) is 1. The maximum absolute atomic E-state index is 12.8. The summed E-state index contributed by atoms with van der Waals surface area (Å²) in [6.45, 7) is 0. The van der Waals surface area contributed by atoms with E-state index in [1.165, 1.54) is 12.1 Å².